The average Bonchev–Trinajstić information content (AvgIpc) is 3.54. The van der Waals surface area contributed by atoms with Gasteiger partial charge in [0.2, 0.25) is 5.91 Å². The molecule has 0 bridgehead atoms. The first-order valence-electron chi connectivity index (χ1n) is 13.0. The number of thiazole rings is 1. The number of pyridine rings is 1. The molecule has 1 aliphatic carbocycles. The molecule has 6 rings (SSSR count). The summed E-state index contributed by atoms with van der Waals surface area (Å²) in [5, 5.41) is 13.4. The maximum atomic E-state index is 13.5. The Morgan fingerprint density at radius 2 is 1.85 bits per heavy atom. The second-order valence-electron chi connectivity index (χ2n) is 9.64. The van der Waals surface area contributed by atoms with Crippen LogP contribution in [0.15, 0.2) is 55.0 Å². The van der Waals surface area contributed by atoms with E-state index in [0.29, 0.717) is 39.6 Å². The fraction of sp³-hybridized carbons (Fsp3) is 0.241. The highest BCUT2D eigenvalue weighted by Crippen LogP contribution is 2.37. The molecule has 0 saturated heterocycles. The standard InChI is InChI=1S/C29H25FN8OS/c1-3-22-28(37(2)29-36-27(23(13-31)40-29)17-4-7-20(30)8-5-17)38-16-18(6-11-25(38)35-22)19-14-32-24(33-15-19)12-26(39)34-21-9-10-21/h4-8,11,14-16,21H,3,9-10,12H2,1-2H3,(H,34,39). The first-order chi connectivity index (χ1) is 19.4. The van der Waals surface area contributed by atoms with Gasteiger partial charge >= 0.3 is 0 Å². The van der Waals surface area contributed by atoms with E-state index in [1.54, 1.807) is 24.5 Å². The van der Waals surface area contributed by atoms with Crippen LogP contribution in [0.5, 0.6) is 0 Å². The maximum absolute atomic E-state index is 13.5. The van der Waals surface area contributed by atoms with Crippen LogP contribution in [0.4, 0.5) is 15.3 Å². The molecule has 1 saturated carbocycles. The van der Waals surface area contributed by atoms with Crippen LogP contribution in [0.1, 0.15) is 36.2 Å². The Hall–Kier alpha value is -4.69. The molecule has 1 N–H and O–H groups in total. The number of aromatic nitrogens is 5. The van der Waals surface area contributed by atoms with Crippen LogP contribution in [0.3, 0.4) is 0 Å². The van der Waals surface area contributed by atoms with Crippen LogP contribution in [0.2, 0.25) is 0 Å². The van der Waals surface area contributed by atoms with Crippen molar-refractivity contribution in [3.05, 3.63) is 77.2 Å². The summed E-state index contributed by atoms with van der Waals surface area (Å²) in [5.74, 6) is 0.910. The van der Waals surface area contributed by atoms with Crippen molar-refractivity contribution < 1.29 is 9.18 Å². The summed E-state index contributed by atoms with van der Waals surface area (Å²) in [6.45, 7) is 2.04. The van der Waals surface area contributed by atoms with Crippen LogP contribution in [0.25, 0.3) is 28.0 Å². The van der Waals surface area contributed by atoms with E-state index < -0.39 is 0 Å². The van der Waals surface area contributed by atoms with E-state index in [-0.39, 0.29) is 18.1 Å². The lowest BCUT2D eigenvalue weighted by Gasteiger charge is -2.17. The van der Waals surface area contributed by atoms with Gasteiger partial charge in [0.05, 0.1) is 12.1 Å². The van der Waals surface area contributed by atoms with E-state index in [1.807, 2.05) is 41.6 Å². The minimum atomic E-state index is -0.344. The fourth-order valence-corrected chi connectivity index (χ4v) is 5.36. The molecule has 1 aliphatic rings. The molecule has 11 heteroatoms. The smallest absolute Gasteiger partial charge is 0.227 e. The summed E-state index contributed by atoms with van der Waals surface area (Å²) in [7, 11) is 1.90. The molecular formula is C29H25FN8OS. The molecule has 4 aromatic heterocycles. The summed E-state index contributed by atoms with van der Waals surface area (Å²) in [6.07, 6.45) is 8.36. The number of hydrogen-bond donors (Lipinski definition) is 1. The lowest BCUT2D eigenvalue weighted by molar-refractivity contribution is -0.120. The number of imidazole rings is 1. The van der Waals surface area contributed by atoms with E-state index in [9.17, 15) is 14.4 Å². The maximum Gasteiger partial charge on any atom is 0.227 e. The highest BCUT2D eigenvalue weighted by molar-refractivity contribution is 7.16. The zero-order valence-electron chi connectivity index (χ0n) is 21.9. The zero-order chi connectivity index (χ0) is 27.8. The molecule has 0 atom stereocenters. The molecule has 1 amide bonds. The molecule has 40 heavy (non-hydrogen) atoms. The highest BCUT2D eigenvalue weighted by Gasteiger charge is 2.24. The fourth-order valence-electron chi connectivity index (χ4n) is 4.51. The molecule has 0 spiro atoms. The zero-order valence-corrected chi connectivity index (χ0v) is 22.7. The average molecular weight is 553 g/mol. The van der Waals surface area contributed by atoms with Gasteiger partial charge < -0.3 is 10.2 Å². The Bertz CT molecular complexity index is 1750. The van der Waals surface area contributed by atoms with Crippen molar-refractivity contribution in [2.75, 3.05) is 11.9 Å². The van der Waals surface area contributed by atoms with E-state index in [2.05, 4.69) is 21.4 Å². The summed E-state index contributed by atoms with van der Waals surface area (Å²) < 4.78 is 15.5. The van der Waals surface area contributed by atoms with Crippen molar-refractivity contribution in [1.82, 2.24) is 29.7 Å². The van der Waals surface area contributed by atoms with Crippen LogP contribution in [-0.4, -0.2) is 43.3 Å². The summed E-state index contributed by atoms with van der Waals surface area (Å²) in [4.78, 5) is 32.9. The number of carbonyl (C=O) groups is 1. The van der Waals surface area contributed by atoms with E-state index >= 15 is 0 Å². The number of fused-ring (bicyclic) bond motifs is 1. The molecule has 1 fully saturated rings. The first kappa shape index (κ1) is 25.6. The highest BCUT2D eigenvalue weighted by atomic mass is 32.1. The third-order valence-corrected chi connectivity index (χ3v) is 7.77. The quantitative estimate of drug-likeness (QED) is 0.286. The molecule has 5 aromatic rings. The number of nitrogens with one attached hydrogen (secondary N) is 1. The number of benzene rings is 1. The van der Waals surface area contributed by atoms with Crippen LogP contribution < -0.4 is 10.2 Å². The number of anilines is 2. The number of amides is 1. The Kier molecular flexibility index (Phi) is 6.69. The largest absolute Gasteiger partial charge is 0.353 e. The molecule has 4 heterocycles. The van der Waals surface area contributed by atoms with Gasteiger partial charge in [-0.25, -0.2) is 24.3 Å². The normalized spacial score (nSPS) is 12.8. The van der Waals surface area contributed by atoms with Gasteiger partial charge in [0, 0.05) is 48.4 Å². The molecule has 0 unspecified atom stereocenters. The van der Waals surface area contributed by atoms with Crippen LogP contribution in [-0.2, 0) is 17.6 Å². The van der Waals surface area contributed by atoms with Crippen molar-refractivity contribution >= 4 is 33.8 Å². The van der Waals surface area contributed by atoms with Crippen molar-refractivity contribution in [3.63, 3.8) is 0 Å². The Balaban J connectivity index is 1.33. The first-order valence-corrected chi connectivity index (χ1v) is 13.8. The Morgan fingerprint density at radius 1 is 1.12 bits per heavy atom. The molecule has 9 nitrogen and oxygen atoms in total. The van der Waals surface area contributed by atoms with Crippen LogP contribution >= 0.6 is 11.3 Å². The van der Waals surface area contributed by atoms with E-state index in [0.717, 1.165) is 41.1 Å². The van der Waals surface area contributed by atoms with Crippen molar-refractivity contribution in [3.8, 4) is 28.5 Å². The number of rotatable bonds is 8. The third kappa shape index (κ3) is 5.01. The Labute approximate surface area is 234 Å². The lowest BCUT2D eigenvalue weighted by Crippen LogP contribution is -2.27. The predicted molar refractivity (Wildman–Crippen MR) is 151 cm³/mol. The van der Waals surface area contributed by atoms with E-state index in [4.69, 9.17) is 9.97 Å². The number of carbonyl (C=O) groups excluding carboxylic acids is 1. The third-order valence-electron chi connectivity index (χ3n) is 6.74. The predicted octanol–water partition coefficient (Wildman–Crippen LogP) is 5.08. The minimum Gasteiger partial charge on any atom is -0.353 e. The summed E-state index contributed by atoms with van der Waals surface area (Å²) in [5.41, 5.74) is 4.55. The van der Waals surface area contributed by atoms with Crippen molar-refractivity contribution in [1.29, 1.82) is 5.26 Å². The summed E-state index contributed by atoms with van der Waals surface area (Å²) in [6, 6.07) is 12.4. The number of halogens is 1. The van der Waals surface area contributed by atoms with Gasteiger partial charge in [-0.1, -0.05) is 18.3 Å². The van der Waals surface area contributed by atoms with Crippen molar-refractivity contribution in [2.45, 2.75) is 38.6 Å². The topological polar surface area (TPSA) is 112 Å². The molecule has 200 valence electrons. The second kappa shape index (κ2) is 10.5. The second-order valence-corrected chi connectivity index (χ2v) is 10.6. The van der Waals surface area contributed by atoms with Gasteiger partial charge in [0.25, 0.3) is 0 Å². The SMILES string of the molecule is CCc1nc2ccc(-c3cnc(CC(=O)NC4CC4)nc3)cn2c1N(C)c1nc(-c2ccc(F)cc2)c(C#N)s1. The van der Waals surface area contributed by atoms with Gasteiger partial charge in [-0.3, -0.25) is 9.20 Å². The van der Waals surface area contributed by atoms with Gasteiger partial charge in [-0.2, -0.15) is 5.26 Å². The molecular weight excluding hydrogens is 527 g/mol. The summed E-state index contributed by atoms with van der Waals surface area (Å²) >= 11 is 1.27. The molecule has 0 aliphatic heterocycles. The number of nitrogens with zero attached hydrogens (tertiary/aromatic N) is 7. The number of aryl methyl sites for hydroxylation is 1. The van der Waals surface area contributed by atoms with Gasteiger partial charge in [-0.15, -0.1) is 0 Å². The number of nitriles is 1. The van der Waals surface area contributed by atoms with Gasteiger partial charge in [0.15, 0.2) is 5.13 Å². The minimum absolute atomic E-state index is 0.0563. The molecule has 1 aromatic carbocycles. The number of hydrogen-bond acceptors (Lipinski definition) is 8. The van der Waals surface area contributed by atoms with Crippen LogP contribution in [0, 0.1) is 17.1 Å². The van der Waals surface area contributed by atoms with Crippen molar-refractivity contribution in [2.24, 2.45) is 0 Å². The van der Waals surface area contributed by atoms with E-state index in [1.165, 1.54) is 23.5 Å². The Morgan fingerprint density at radius 3 is 2.52 bits per heavy atom. The lowest BCUT2D eigenvalue weighted by atomic mass is 10.1. The van der Waals surface area contributed by atoms with Gasteiger partial charge in [-0.05, 0) is 55.7 Å². The monoisotopic (exact) mass is 552 g/mol. The van der Waals surface area contributed by atoms with Gasteiger partial charge in [0.1, 0.15) is 39.7 Å². The molecule has 0 radical (unpaired) electrons.